The normalized spacial score (nSPS) is 14.0. The molecule has 0 fully saturated rings. The predicted molar refractivity (Wildman–Crippen MR) is 346 cm³/mol. The molecule has 0 aliphatic carbocycles. The second kappa shape index (κ2) is 23.3. The number of phenolic OH excluding ortho intramolecular Hbond substituents is 4. The molecule has 0 spiro atoms. The van der Waals surface area contributed by atoms with Crippen LogP contribution in [-0.4, -0.2) is 64.7 Å². The zero-order valence-corrected chi connectivity index (χ0v) is 55.8. The molecule has 85 heavy (non-hydrogen) atoms. The van der Waals surface area contributed by atoms with Gasteiger partial charge in [-0.1, -0.05) is 180 Å². The average molecular weight is 1170 g/mol. The van der Waals surface area contributed by atoms with Crippen LogP contribution in [0.15, 0.2) is 48.6 Å². The van der Waals surface area contributed by atoms with E-state index in [9.17, 15) is 60.0 Å². The number of phenols is 4. The monoisotopic (exact) mass is 1170 g/mol. The molecule has 0 unspecified atom stereocenters. The lowest BCUT2D eigenvalue weighted by atomic mass is 9.46. The van der Waals surface area contributed by atoms with E-state index in [1.807, 2.05) is 180 Å². The molecule has 0 amide bonds. The summed E-state index contributed by atoms with van der Waals surface area (Å²) in [5.74, 6) is -5.64. The molecule has 0 heterocycles. The van der Waals surface area contributed by atoms with Crippen LogP contribution < -0.4 is 0 Å². The molecule has 0 aliphatic heterocycles. The van der Waals surface area contributed by atoms with E-state index < -0.39 is 78.0 Å². The Kier molecular flexibility index (Phi) is 19.3. The highest BCUT2D eigenvalue weighted by atomic mass is 16.4. The van der Waals surface area contributed by atoms with Crippen molar-refractivity contribution in [1.82, 2.24) is 0 Å². The minimum Gasteiger partial charge on any atom is -0.507 e. The van der Waals surface area contributed by atoms with Gasteiger partial charge in [0.1, 0.15) is 23.0 Å². The molecule has 0 bridgehead atoms. The Morgan fingerprint density at radius 3 is 0.706 bits per heavy atom. The fourth-order valence-corrected chi connectivity index (χ4v) is 12.7. The highest BCUT2D eigenvalue weighted by Crippen LogP contribution is 2.66. The maximum Gasteiger partial charge on any atom is 0.328 e. The van der Waals surface area contributed by atoms with Crippen LogP contribution in [0.5, 0.6) is 23.0 Å². The van der Waals surface area contributed by atoms with Gasteiger partial charge in [0.05, 0.1) is 5.41 Å². The van der Waals surface area contributed by atoms with E-state index in [1.54, 1.807) is 24.3 Å². The van der Waals surface area contributed by atoms with Crippen LogP contribution in [-0.2, 0) is 74.3 Å². The van der Waals surface area contributed by atoms with Crippen molar-refractivity contribution in [2.75, 3.05) is 0 Å². The number of aromatic hydroxyl groups is 4. The van der Waals surface area contributed by atoms with E-state index in [0.29, 0.717) is 55.6 Å². The van der Waals surface area contributed by atoms with E-state index in [0.717, 1.165) is 24.3 Å². The van der Waals surface area contributed by atoms with Crippen LogP contribution in [0, 0.1) is 5.41 Å². The number of carboxylic acids is 4. The Morgan fingerprint density at radius 2 is 0.506 bits per heavy atom. The van der Waals surface area contributed by atoms with E-state index in [2.05, 4.69) is 0 Å². The molecule has 4 aromatic rings. The van der Waals surface area contributed by atoms with E-state index in [4.69, 9.17) is 0 Å². The summed E-state index contributed by atoms with van der Waals surface area (Å²) in [6.07, 6.45) is 9.84. The number of carboxylic acid groups (broad SMARTS) is 4. The quantitative estimate of drug-likeness (QED) is 0.0435. The molecule has 0 saturated heterocycles. The lowest BCUT2D eigenvalue weighted by Crippen LogP contribution is -2.51. The highest BCUT2D eigenvalue weighted by molar-refractivity contribution is 5.91. The molecule has 0 radical (unpaired) electrons. The summed E-state index contributed by atoms with van der Waals surface area (Å²) in [5.41, 5.74) is -5.29. The van der Waals surface area contributed by atoms with E-state index in [1.165, 1.54) is 24.3 Å². The third kappa shape index (κ3) is 14.4. The fraction of sp³-hybridized carbons (Fsp3) is 0.507. The number of hydrogen-bond acceptors (Lipinski definition) is 8. The number of aliphatic carboxylic acids is 4. The summed E-state index contributed by atoms with van der Waals surface area (Å²) >= 11 is 0. The lowest BCUT2D eigenvalue weighted by Gasteiger charge is -2.56. The Morgan fingerprint density at radius 1 is 0.306 bits per heavy atom. The van der Waals surface area contributed by atoms with Gasteiger partial charge in [0.25, 0.3) is 0 Å². The summed E-state index contributed by atoms with van der Waals surface area (Å²) < 4.78 is 0. The Balaban J connectivity index is 3.12. The second-order valence-corrected chi connectivity index (χ2v) is 32.0. The first-order valence-corrected chi connectivity index (χ1v) is 29.3. The molecule has 4 aromatic carbocycles. The molecular formula is C73H100O12. The third-order valence-electron chi connectivity index (χ3n) is 16.0. The van der Waals surface area contributed by atoms with Gasteiger partial charge in [-0.25, -0.2) is 19.2 Å². The maximum atomic E-state index is 13.8. The van der Waals surface area contributed by atoms with Gasteiger partial charge in [-0.3, -0.25) is 0 Å². The maximum absolute atomic E-state index is 13.8. The molecule has 0 aromatic heterocycles. The van der Waals surface area contributed by atoms with Crippen molar-refractivity contribution >= 4 is 48.2 Å². The van der Waals surface area contributed by atoms with Crippen LogP contribution in [0.25, 0.3) is 24.3 Å². The highest BCUT2D eigenvalue weighted by Gasteiger charge is 2.59. The summed E-state index contributed by atoms with van der Waals surface area (Å²) in [7, 11) is 0. The molecule has 0 saturated carbocycles. The minimum atomic E-state index is -2.13. The summed E-state index contributed by atoms with van der Waals surface area (Å²) in [4.78, 5) is 52.6. The summed E-state index contributed by atoms with van der Waals surface area (Å²) in [5, 5.41) is 97.2. The van der Waals surface area contributed by atoms with Crippen molar-refractivity contribution < 1.29 is 60.0 Å². The minimum absolute atomic E-state index is 0.0308. The molecule has 12 heteroatoms. The first-order valence-electron chi connectivity index (χ1n) is 29.3. The van der Waals surface area contributed by atoms with Gasteiger partial charge >= 0.3 is 23.9 Å². The second-order valence-electron chi connectivity index (χ2n) is 32.0. The Hall–Kier alpha value is -7.08. The van der Waals surface area contributed by atoms with Crippen LogP contribution in [0.4, 0.5) is 0 Å². The van der Waals surface area contributed by atoms with Crippen molar-refractivity contribution in [2.24, 2.45) is 5.41 Å². The van der Waals surface area contributed by atoms with Crippen molar-refractivity contribution in [3.63, 3.8) is 0 Å². The number of carbonyl (C=O) groups is 4. The molecule has 0 atom stereocenters. The summed E-state index contributed by atoms with van der Waals surface area (Å²) in [6, 6.07) is 7.07. The topological polar surface area (TPSA) is 230 Å². The van der Waals surface area contributed by atoms with Crippen molar-refractivity contribution in [3.8, 4) is 23.0 Å². The SMILES string of the molecule is CC(C)(C)c1cc(/C=C/C(=O)O)c(CC(C)(C)C(c2c(/C=C/C(=O)O)cc(C(C)(C)C)c(O)c2C(C)(C)C)(c2c(/C=C/C(=O)O)cc(C(C)(C)C)c(O)c2C(C)(C)C)c2c(/C=C/C(=O)O)cc(C(C)(C)C)c(O)c2C(C)(C)C)c(C(C)(C)C)c1O. The number of rotatable bonds is 14. The van der Waals surface area contributed by atoms with Crippen LogP contribution >= 0.6 is 0 Å². The van der Waals surface area contributed by atoms with Gasteiger partial charge in [0.2, 0.25) is 0 Å². The number of benzene rings is 4. The van der Waals surface area contributed by atoms with Crippen LogP contribution in [0.3, 0.4) is 0 Å². The van der Waals surface area contributed by atoms with E-state index >= 15 is 0 Å². The van der Waals surface area contributed by atoms with Crippen LogP contribution in [0.2, 0.25) is 0 Å². The van der Waals surface area contributed by atoms with Crippen molar-refractivity contribution in [2.45, 2.75) is 235 Å². The number of hydrogen-bond donors (Lipinski definition) is 8. The smallest absolute Gasteiger partial charge is 0.328 e. The fourth-order valence-electron chi connectivity index (χ4n) is 12.7. The van der Waals surface area contributed by atoms with E-state index in [-0.39, 0.29) is 62.8 Å². The first-order chi connectivity index (χ1) is 38.0. The molecule has 4 rings (SSSR count). The average Bonchev–Trinajstić information content (AvgIpc) is 0.678. The zero-order valence-electron chi connectivity index (χ0n) is 55.8. The lowest BCUT2D eigenvalue weighted by molar-refractivity contribution is -0.132. The first kappa shape index (κ1) is 70.4. The molecular weight excluding hydrogens is 1070 g/mol. The molecule has 12 nitrogen and oxygen atoms in total. The zero-order chi connectivity index (χ0) is 66.0. The van der Waals surface area contributed by atoms with Gasteiger partial charge < -0.3 is 40.9 Å². The van der Waals surface area contributed by atoms with Gasteiger partial charge in [-0.15, -0.1) is 0 Å². The molecule has 0 aliphatic rings. The summed E-state index contributed by atoms with van der Waals surface area (Å²) in [6.45, 7) is 50.2. The predicted octanol–water partition coefficient (Wildman–Crippen LogP) is 16.9. The van der Waals surface area contributed by atoms with Crippen molar-refractivity contribution in [1.29, 1.82) is 0 Å². The van der Waals surface area contributed by atoms with Gasteiger partial charge in [-0.05, 0) is 148 Å². The van der Waals surface area contributed by atoms with Crippen LogP contribution in [0.1, 0.15) is 269 Å². The van der Waals surface area contributed by atoms with Crippen molar-refractivity contribution in [3.05, 3.63) is 138 Å². The largest absolute Gasteiger partial charge is 0.507 e. The third-order valence-corrected chi connectivity index (χ3v) is 16.0. The van der Waals surface area contributed by atoms with Gasteiger partial charge in [0, 0.05) is 68.8 Å². The standard InChI is InChI=1S/C73H100O12/c1-64(2,3)45-35-40(27-31-49(74)75)44(56(60(45)82)68(13,14)15)39-72(25,26)73(53-41(28-32-50(76)77)36-46(65(4,5)6)61(83)57(53)69(16,17)18,54-42(29-33-51(78)79)37-47(66(7,8)9)62(84)58(54)70(19,20)21)55-43(30-34-52(80)81)38-48(67(10,11)12)63(85)59(55)71(22,23)24/h27-38,82-85H,39H2,1-26H3,(H,74,75)(H,76,77)(H,78,79)(H,80,81)/b31-27+,32-28+,33-29+,34-30+. The molecule has 8 N–H and O–H groups in total. The Labute approximate surface area is 507 Å². The van der Waals surface area contributed by atoms with Gasteiger partial charge in [0.15, 0.2) is 0 Å². The molecule has 464 valence electrons. The van der Waals surface area contributed by atoms with Gasteiger partial charge in [-0.2, -0.15) is 0 Å². The Bertz CT molecular complexity index is 3160.